The van der Waals surface area contributed by atoms with Crippen molar-refractivity contribution in [2.24, 2.45) is 0 Å². The molecule has 0 amide bonds. The first kappa shape index (κ1) is 15.7. The topological polar surface area (TPSA) is 31.4 Å². The highest BCUT2D eigenvalue weighted by Gasteiger charge is 2.23. The molecule has 0 unspecified atom stereocenters. The summed E-state index contributed by atoms with van der Waals surface area (Å²) in [6.07, 6.45) is 2.48. The Kier molecular flexibility index (Phi) is 5.41. The van der Waals surface area contributed by atoms with Crippen LogP contribution in [0.2, 0.25) is 0 Å². The molecule has 2 rings (SSSR count). The van der Waals surface area contributed by atoms with Crippen LogP contribution < -0.4 is 10.2 Å². The molecule has 1 aromatic rings. The van der Waals surface area contributed by atoms with E-state index in [2.05, 4.69) is 50.0 Å². The maximum Gasteiger partial charge on any atom is 0.185 e. The molecule has 0 atom stereocenters. The summed E-state index contributed by atoms with van der Waals surface area (Å²) in [6.45, 7) is 9.70. The smallest absolute Gasteiger partial charge is 0.185 e. The second-order valence-electron chi connectivity index (χ2n) is 6.22. The van der Waals surface area contributed by atoms with E-state index in [1.54, 1.807) is 0 Å². The molecule has 2 heterocycles. The molecule has 0 aromatic carbocycles. The van der Waals surface area contributed by atoms with E-state index in [0.29, 0.717) is 6.04 Å². The Morgan fingerprint density at radius 2 is 2.00 bits per heavy atom. The molecule has 1 N–H and O–H groups in total. The van der Waals surface area contributed by atoms with Crippen molar-refractivity contribution < 1.29 is 0 Å². The molecule has 0 spiro atoms. The lowest BCUT2D eigenvalue weighted by Gasteiger charge is -2.35. The summed E-state index contributed by atoms with van der Waals surface area (Å²) < 4.78 is 0. The van der Waals surface area contributed by atoms with Gasteiger partial charge in [0.25, 0.3) is 0 Å². The Hall–Kier alpha value is -0.650. The first-order chi connectivity index (χ1) is 9.47. The number of thiazole rings is 1. The van der Waals surface area contributed by atoms with Gasteiger partial charge in [-0.25, -0.2) is 4.98 Å². The van der Waals surface area contributed by atoms with Crippen molar-refractivity contribution in [3.8, 4) is 0 Å². The van der Waals surface area contributed by atoms with Gasteiger partial charge in [0.1, 0.15) is 0 Å². The molecule has 1 aliphatic heterocycles. The van der Waals surface area contributed by atoms with Gasteiger partial charge in [-0.1, -0.05) is 13.8 Å². The van der Waals surface area contributed by atoms with Crippen molar-refractivity contribution >= 4 is 16.5 Å². The highest BCUT2D eigenvalue weighted by molar-refractivity contribution is 7.15. The van der Waals surface area contributed by atoms with Crippen LogP contribution in [0.5, 0.6) is 0 Å². The van der Waals surface area contributed by atoms with Crippen molar-refractivity contribution in [3.63, 3.8) is 0 Å². The van der Waals surface area contributed by atoms with Crippen LogP contribution in [0.4, 0.5) is 5.13 Å². The number of rotatable bonds is 5. The SMILES string of the molecule is Cc1nc(N2CCC(N(C)C)CC2)sc1CNC(C)C. The van der Waals surface area contributed by atoms with E-state index < -0.39 is 0 Å². The van der Waals surface area contributed by atoms with Crippen LogP contribution in [0.3, 0.4) is 0 Å². The van der Waals surface area contributed by atoms with E-state index in [0.717, 1.165) is 25.7 Å². The van der Waals surface area contributed by atoms with Gasteiger partial charge in [0, 0.05) is 36.6 Å². The van der Waals surface area contributed by atoms with Gasteiger partial charge in [-0.3, -0.25) is 0 Å². The summed E-state index contributed by atoms with van der Waals surface area (Å²) >= 11 is 1.86. The van der Waals surface area contributed by atoms with Crippen LogP contribution in [-0.2, 0) is 6.54 Å². The van der Waals surface area contributed by atoms with Crippen LogP contribution in [-0.4, -0.2) is 49.2 Å². The summed E-state index contributed by atoms with van der Waals surface area (Å²) in [5, 5.41) is 4.69. The van der Waals surface area contributed by atoms with Gasteiger partial charge in [0.15, 0.2) is 5.13 Å². The highest BCUT2D eigenvalue weighted by Crippen LogP contribution is 2.28. The van der Waals surface area contributed by atoms with Gasteiger partial charge < -0.3 is 15.1 Å². The third-order valence-electron chi connectivity index (χ3n) is 4.02. The number of hydrogen-bond acceptors (Lipinski definition) is 5. The summed E-state index contributed by atoms with van der Waals surface area (Å²) in [6, 6.07) is 1.25. The molecule has 0 bridgehead atoms. The standard InChI is InChI=1S/C15H28N4S/c1-11(2)16-10-14-12(3)17-15(20-14)19-8-6-13(7-9-19)18(4)5/h11,13,16H,6-10H2,1-5H3. The predicted octanol–water partition coefficient (Wildman–Crippen LogP) is 2.48. The summed E-state index contributed by atoms with van der Waals surface area (Å²) in [4.78, 5) is 11.0. The van der Waals surface area contributed by atoms with Gasteiger partial charge >= 0.3 is 0 Å². The number of hydrogen-bond donors (Lipinski definition) is 1. The van der Waals surface area contributed by atoms with E-state index in [9.17, 15) is 0 Å². The second-order valence-corrected chi connectivity index (χ2v) is 7.28. The maximum absolute atomic E-state index is 4.77. The molecule has 20 heavy (non-hydrogen) atoms. The Morgan fingerprint density at radius 3 is 2.55 bits per heavy atom. The number of anilines is 1. The molecule has 114 valence electrons. The van der Waals surface area contributed by atoms with Gasteiger partial charge in [0.05, 0.1) is 5.69 Å². The molecule has 0 radical (unpaired) electrons. The van der Waals surface area contributed by atoms with Crippen molar-refractivity contribution in [1.29, 1.82) is 0 Å². The predicted molar refractivity (Wildman–Crippen MR) is 87.7 cm³/mol. The zero-order valence-corrected chi connectivity index (χ0v) is 14.3. The maximum atomic E-state index is 4.77. The zero-order valence-electron chi connectivity index (χ0n) is 13.4. The molecule has 4 nitrogen and oxygen atoms in total. The monoisotopic (exact) mass is 296 g/mol. The largest absolute Gasteiger partial charge is 0.348 e. The third kappa shape index (κ3) is 3.93. The normalized spacial score (nSPS) is 17.4. The zero-order chi connectivity index (χ0) is 14.7. The van der Waals surface area contributed by atoms with Gasteiger partial charge in [-0.05, 0) is 33.9 Å². The third-order valence-corrected chi connectivity index (χ3v) is 5.24. The summed E-state index contributed by atoms with van der Waals surface area (Å²) in [5.41, 5.74) is 1.19. The van der Waals surface area contributed by atoms with Crippen molar-refractivity contribution in [2.75, 3.05) is 32.1 Å². The van der Waals surface area contributed by atoms with Crippen molar-refractivity contribution in [3.05, 3.63) is 10.6 Å². The van der Waals surface area contributed by atoms with Gasteiger partial charge in [0.2, 0.25) is 0 Å². The number of nitrogens with one attached hydrogen (secondary N) is 1. The molecular weight excluding hydrogens is 268 g/mol. The minimum Gasteiger partial charge on any atom is -0.348 e. The lowest BCUT2D eigenvalue weighted by molar-refractivity contribution is 0.249. The van der Waals surface area contributed by atoms with Crippen molar-refractivity contribution in [1.82, 2.24) is 15.2 Å². The van der Waals surface area contributed by atoms with Crippen LogP contribution in [0.1, 0.15) is 37.3 Å². The molecule has 5 heteroatoms. The number of aryl methyl sites for hydroxylation is 1. The van der Waals surface area contributed by atoms with E-state index >= 15 is 0 Å². The fourth-order valence-corrected chi connectivity index (χ4v) is 3.65. The number of aromatic nitrogens is 1. The fourth-order valence-electron chi connectivity index (χ4n) is 2.58. The highest BCUT2D eigenvalue weighted by atomic mass is 32.1. The molecular formula is C15H28N4S. The Balaban J connectivity index is 1.95. The van der Waals surface area contributed by atoms with E-state index in [1.807, 2.05) is 11.3 Å². The molecule has 1 aromatic heterocycles. The van der Waals surface area contributed by atoms with Crippen LogP contribution in [0, 0.1) is 6.92 Å². The van der Waals surface area contributed by atoms with Crippen molar-refractivity contribution in [2.45, 2.75) is 52.2 Å². The molecule has 1 saturated heterocycles. The van der Waals surface area contributed by atoms with Crippen LogP contribution in [0.15, 0.2) is 0 Å². The molecule has 1 fully saturated rings. The van der Waals surface area contributed by atoms with Crippen LogP contribution >= 0.6 is 11.3 Å². The van der Waals surface area contributed by atoms with E-state index in [1.165, 1.54) is 28.5 Å². The van der Waals surface area contributed by atoms with E-state index in [-0.39, 0.29) is 0 Å². The average Bonchev–Trinajstić information content (AvgIpc) is 2.78. The van der Waals surface area contributed by atoms with Gasteiger partial charge in [-0.2, -0.15) is 0 Å². The minimum absolute atomic E-state index is 0.524. The summed E-state index contributed by atoms with van der Waals surface area (Å²) in [7, 11) is 4.37. The minimum atomic E-state index is 0.524. The second kappa shape index (κ2) is 6.87. The first-order valence-electron chi connectivity index (χ1n) is 7.58. The Bertz CT molecular complexity index is 420. The molecule has 0 saturated carbocycles. The molecule has 1 aliphatic rings. The molecule has 0 aliphatic carbocycles. The van der Waals surface area contributed by atoms with E-state index in [4.69, 9.17) is 4.98 Å². The lowest BCUT2D eigenvalue weighted by atomic mass is 10.0. The summed E-state index contributed by atoms with van der Waals surface area (Å²) in [5.74, 6) is 0. The lowest BCUT2D eigenvalue weighted by Crippen LogP contribution is -2.41. The quantitative estimate of drug-likeness (QED) is 0.904. The van der Waals surface area contributed by atoms with Crippen LogP contribution in [0.25, 0.3) is 0 Å². The van der Waals surface area contributed by atoms with Gasteiger partial charge in [-0.15, -0.1) is 11.3 Å². The Morgan fingerprint density at radius 1 is 1.35 bits per heavy atom. The fraction of sp³-hybridized carbons (Fsp3) is 0.800. The Labute approximate surface area is 127 Å². The number of nitrogens with zero attached hydrogens (tertiary/aromatic N) is 3. The number of piperidine rings is 1. The average molecular weight is 296 g/mol. The first-order valence-corrected chi connectivity index (χ1v) is 8.40.